The van der Waals surface area contributed by atoms with E-state index < -0.39 is 0 Å². The van der Waals surface area contributed by atoms with Gasteiger partial charge in [-0.3, -0.25) is 14.7 Å². The number of ether oxygens (including phenoxy) is 1. The second-order valence-electron chi connectivity index (χ2n) is 6.12. The molecule has 0 unspecified atom stereocenters. The molecule has 1 saturated heterocycles. The summed E-state index contributed by atoms with van der Waals surface area (Å²) in [6, 6.07) is 3.81. The van der Waals surface area contributed by atoms with E-state index in [1.54, 1.807) is 19.5 Å². The highest BCUT2D eigenvalue weighted by molar-refractivity contribution is 5.81. The Labute approximate surface area is 139 Å². The minimum Gasteiger partial charge on any atom is -0.383 e. The maximum absolute atomic E-state index is 12.9. The highest BCUT2D eigenvalue weighted by Crippen LogP contribution is 2.11. The molecule has 1 aromatic heterocycles. The zero-order chi connectivity index (χ0) is 16.7. The van der Waals surface area contributed by atoms with Crippen LogP contribution in [0.3, 0.4) is 0 Å². The van der Waals surface area contributed by atoms with E-state index in [9.17, 15) is 4.79 Å². The number of piperazine rings is 1. The fraction of sp³-hybridized carbons (Fsp3) is 0.647. The zero-order valence-corrected chi connectivity index (χ0v) is 14.4. The molecule has 2 heterocycles. The fourth-order valence-corrected chi connectivity index (χ4v) is 2.81. The Morgan fingerprint density at radius 1 is 1.30 bits per heavy atom. The highest BCUT2D eigenvalue weighted by atomic mass is 16.5. The molecule has 1 aromatic rings. The van der Waals surface area contributed by atoms with Crippen LogP contribution in [-0.4, -0.2) is 85.1 Å². The maximum Gasteiger partial charge on any atom is 0.240 e. The van der Waals surface area contributed by atoms with Crippen LogP contribution in [0, 0.1) is 0 Å². The maximum atomic E-state index is 12.9. The number of hydrogen-bond acceptors (Lipinski definition) is 5. The van der Waals surface area contributed by atoms with Crippen molar-refractivity contribution in [3.8, 4) is 0 Å². The van der Waals surface area contributed by atoms with Crippen LogP contribution in [0.5, 0.6) is 0 Å². The molecule has 2 rings (SSSR count). The standard InChI is InChI=1S/C17H28N4O2/c1-15(20-10-8-19(2)9-11-20)17(22)21(12-13-23-3)14-16-4-6-18-7-5-16/h4-7,15H,8-14H2,1-3H3/t15-/m0/s1. The summed E-state index contributed by atoms with van der Waals surface area (Å²) in [5.41, 5.74) is 1.09. The topological polar surface area (TPSA) is 48.9 Å². The van der Waals surface area contributed by atoms with E-state index in [1.165, 1.54) is 0 Å². The van der Waals surface area contributed by atoms with Gasteiger partial charge in [0.05, 0.1) is 12.6 Å². The first-order valence-electron chi connectivity index (χ1n) is 8.21. The Morgan fingerprint density at radius 3 is 2.57 bits per heavy atom. The number of nitrogens with zero attached hydrogens (tertiary/aromatic N) is 4. The quantitative estimate of drug-likeness (QED) is 0.740. The minimum atomic E-state index is -0.0950. The van der Waals surface area contributed by atoms with Gasteiger partial charge in [0.25, 0.3) is 0 Å². The number of amides is 1. The monoisotopic (exact) mass is 320 g/mol. The van der Waals surface area contributed by atoms with Crippen molar-refractivity contribution in [3.05, 3.63) is 30.1 Å². The van der Waals surface area contributed by atoms with Gasteiger partial charge in [0.2, 0.25) is 5.91 Å². The lowest BCUT2D eigenvalue weighted by Crippen LogP contribution is -2.54. The number of methoxy groups -OCH3 is 1. The van der Waals surface area contributed by atoms with Crippen molar-refractivity contribution in [1.82, 2.24) is 19.7 Å². The summed E-state index contributed by atoms with van der Waals surface area (Å²) < 4.78 is 5.17. The van der Waals surface area contributed by atoms with E-state index in [4.69, 9.17) is 4.74 Å². The first-order valence-corrected chi connectivity index (χ1v) is 8.21. The van der Waals surface area contributed by atoms with Crippen LogP contribution in [0.4, 0.5) is 0 Å². The van der Waals surface area contributed by atoms with Gasteiger partial charge in [0, 0.05) is 58.8 Å². The van der Waals surface area contributed by atoms with Gasteiger partial charge < -0.3 is 14.5 Å². The minimum absolute atomic E-state index is 0.0950. The van der Waals surface area contributed by atoms with Gasteiger partial charge in [-0.2, -0.15) is 0 Å². The molecule has 0 aromatic carbocycles. The van der Waals surface area contributed by atoms with Crippen molar-refractivity contribution in [3.63, 3.8) is 0 Å². The molecule has 128 valence electrons. The lowest BCUT2D eigenvalue weighted by molar-refractivity contribution is -0.138. The third kappa shape index (κ3) is 5.27. The number of likely N-dealkylation sites (N-methyl/N-ethyl adjacent to an activating group) is 1. The van der Waals surface area contributed by atoms with Gasteiger partial charge in [-0.1, -0.05) is 0 Å². The van der Waals surface area contributed by atoms with Crippen LogP contribution in [0.25, 0.3) is 0 Å². The summed E-state index contributed by atoms with van der Waals surface area (Å²) in [5.74, 6) is 0.170. The number of hydrogen-bond donors (Lipinski definition) is 0. The molecular formula is C17H28N4O2. The van der Waals surface area contributed by atoms with Crippen LogP contribution >= 0.6 is 0 Å². The number of carbonyl (C=O) groups excluding carboxylic acids is 1. The van der Waals surface area contributed by atoms with Crippen LogP contribution in [0.1, 0.15) is 12.5 Å². The average Bonchev–Trinajstić information content (AvgIpc) is 2.59. The van der Waals surface area contributed by atoms with Crippen molar-refractivity contribution in [2.24, 2.45) is 0 Å². The summed E-state index contributed by atoms with van der Waals surface area (Å²) in [5, 5.41) is 0. The van der Waals surface area contributed by atoms with Crippen LogP contribution in [0.2, 0.25) is 0 Å². The molecule has 0 spiro atoms. The van der Waals surface area contributed by atoms with Gasteiger partial charge >= 0.3 is 0 Å². The highest BCUT2D eigenvalue weighted by Gasteiger charge is 2.27. The van der Waals surface area contributed by atoms with Crippen molar-refractivity contribution >= 4 is 5.91 Å². The largest absolute Gasteiger partial charge is 0.383 e. The molecular weight excluding hydrogens is 292 g/mol. The molecule has 0 aliphatic carbocycles. The Bertz CT molecular complexity index is 475. The molecule has 6 nitrogen and oxygen atoms in total. The smallest absolute Gasteiger partial charge is 0.240 e. The Kier molecular flexibility index (Phi) is 6.95. The molecule has 1 atom stereocenters. The van der Waals surface area contributed by atoms with E-state index in [0.717, 1.165) is 31.7 Å². The van der Waals surface area contributed by atoms with E-state index in [-0.39, 0.29) is 11.9 Å². The molecule has 1 aliphatic heterocycles. The van der Waals surface area contributed by atoms with E-state index >= 15 is 0 Å². The summed E-state index contributed by atoms with van der Waals surface area (Å²) in [6.07, 6.45) is 3.52. The van der Waals surface area contributed by atoms with Crippen LogP contribution in [-0.2, 0) is 16.1 Å². The summed E-state index contributed by atoms with van der Waals surface area (Å²) in [6.45, 7) is 7.68. The van der Waals surface area contributed by atoms with Crippen LogP contribution in [0.15, 0.2) is 24.5 Å². The molecule has 23 heavy (non-hydrogen) atoms. The van der Waals surface area contributed by atoms with Gasteiger partial charge in [0.1, 0.15) is 0 Å². The van der Waals surface area contributed by atoms with Crippen molar-refractivity contribution in [2.45, 2.75) is 19.5 Å². The van der Waals surface area contributed by atoms with E-state index in [0.29, 0.717) is 19.7 Å². The first kappa shape index (κ1) is 17.8. The van der Waals surface area contributed by atoms with E-state index in [2.05, 4.69) is 21.8 Å². The third-order valence-corrected chi connectivity index (χ3v) is 4.44. The number of rotatable bonds is 7. The number of pyridine rings is 1. The van der Waals surface area contributed by atoms with E-state index in [1.807, 2.05) is 24.0 Å². The lowest BCUT2D eigenvalue weighted by atomic mass is 10.2. The summed E-state index contributed by atoms with van der Waals surface area (Å²) in [4.78, 5) is 23.4. The number of carbonyl (C=O) groups is 1. The lowest BCUT2D eigenvalue weighted by Gasteiger charge is -2.37. The van der Waals surface area contributed by atoms with Gasteiger partial charge in [-0.15, -0.1) is 0 Å². The van der Waals surface area contributed by atoms with Crippen molar-refractivity contribution in [1.29, 1.82) is 0 Å². The zero-order valence-electron chi connectivity index (χ0n) is 14.4. The Morgan fingerprint density at radius 2 is 1.96 bits per heavy atom. The molecule has 1 fully saturated rings. The normalized spacial score (nSPS) is 17.9. The molecule has 1 aliphatic rings. The Balaban J connectivity index is 2.00. The number of aromatic nitrogens is 1. The summed E-state index contributed by atoms with van der Waals surface area (Å²) >= 11 is 0. The first-order chi connectivity index (χ1) is 11.1. The van der Waals surface area contributed by atoms with Gasteiger partial charge in [0.15, 0.2) is 0 Å². The van der Waals surface area contributed by atoms with Crippen molar-refractivity contribution < 1.29 is 9.53 Å². The average molecular weight is 320 g/mol. The molecule has 0 radical (unpaired) electrons. The SMILES string of the molecule is COCCN(Cc1ccncc1)C(=O)[C@H](C)N1CCN(C)CC1. The molecule has 6 heteroatoms. The Hall–Kier alpha value is -1.50. The van der Waals surface area contributed by atoms with Gasteiger partial charge in [-0.05, 0) is 31.7 Å². The molecule has 0 bridgehead atoms. The second kappa shape index (κ2) is 8.96. The predicted molar refractivity (Wildman–Crippen MR) is 90.1 cm³/mol. The predicted octanol–water partition coefficient (Wildman–Crippen LogP) is 0.693. The molecule has 0 saturated carbocycles. The molecule has 1 amide bonds. The summed E-state index contributed by atoms with van der Waals surface area (Å²) in [7, 11) is 3.79. The molecule has 0 N–H and O–H groups in total. The fourth-order valence-electron chi connectivity index (χ4n) is 2.81. The van der Waals surface area contributed by atoms with Crippen molar-refractivity contribution in [2.75, 3.05) is 53.5 Å². The second-order valence-corrected chi connectivity index (χ2v) is 6.12. The van der Waals surface area contributed by atoms with Gasteiger partial charge in [-0.25, -0.2) is 0 Å². The van der Waals surface area contributed by atoms with Crippen LogP contribution < -0.4 is 0 Å². The third-order valence-electron chi connectivity index (χ3n) is 4.44.